The zero-order chi connectivity index (χ0) is 18.4. The minimum absolute atomic E-state index is 0.0532. The Morgan fingerprint density at radius 3 is 2.52 bits per heavy atom. The van der Waals surface area contributed by atoms with Gasteiger partial charge in [-0.1, -0.05) is 6.07 Å². The Morgan fingerprint density at radius 2 is 1.96 bits per heavy atom. The van der Waals surface area contributed by atoms with Crippen LogP contribution in [0.1, 0.15) is 11.3 Å². The summed E-state index contributed by atoms with van der Waals surface area (Å²) in [5, 5.41) is 1.84. The van der Waals surface area contributed by atoms with Crippen molar-refractivity contribution in [3.05, 3.63) is 40.9 Å². The van der Waals surface area contributed by atoms with Gasteiger partial charge in [0.05, 0.1) is 34.6 Å². The van der Waals surface area contributed by atoms with Crippen molar-refractivity contribution in [3.63, 3.8) is 0 Å². The second-order valence-electron chi connectivity index (χ2n) is 5.33. The molecule has 0 atom stereocenters. The number of halogens is 3. The molecule has 4 N–H and O–H groups in total. The standard InChI is InChI=1S/C16H15F3N4OS/c1-8-14(21)23(15(22-8)12-4-3-5-25-12)10-6-9(16(17,18)19)7-11(24-2)13(10)20/h3-7H,20-21H2,1-2H3. The van der Waals surface area contributed by atoms with Crippen LogP contribution in [0.2, 0.25) is 0 Å². The van der Waals surface area contributed by atoms with Crippen molar-refractivity contribution in [1.29, 1.82) is 0 Å². The molecule has 5 nitrogen and oxygen atoms in total. The molecule has 3 aromatic rings. The predicted molar refractivity (Wildman–Crippen MR) is 92.0 cm³/mol. The molecule has 0 spiro atoms. The molecule has 2 heterocycles. The number of alkyl halides is 3. The van der Waals surface area contributed by atoms with Crippen molar-refractivity contribution in [1.82, 2.24) is 9.55 Å². The van der Waals surface area contributed by atoms with E-state index in [2.05, 4.69) is 4.98 Å². The lowest BCUT2D eigenvalue weighted by Crippen LogP contribution is -2.11. The summed E-state index contributed by atoms with van der Waals surface area (Å²) in [5.41, 5.74) is 11.9. The molecule has 0 radical (unpaired) electrons. The maximum atomic E-state index is 13.3. The number of thiophene rings is 1. The molecule has 1 aromatic carbocycles. The topological polar surface area (TPSA) is 79.1 Å². The lowest BCUT2D eigenvalue weighted by molar-refractivity contribution is -0.137. The SMILES string of the molecule is COc1cc(C(F)(F)F)cc(-n2c(-c3cccs3)nc(C)c2N)c1N. The zero-order valence-corrected chi connectivity index (χ0v) is 14.2. The van der Waals surface area contributed by atoms with E-state index >= 15 is 0 Å². The number of aryl methyl sites for hydroxylation is 1. The van der Waals surface area contributed by atoms with Crippen LogP contribution in [0.5, 0.6) is 5.75 Å². The molecule has 3 rings (SSSR count). The molecule has 0 saturated carbocycles. The predicted octanol–water partition coefficient (Wildman–Crippen LogP) is 4.10. The minimum Gasteiger partial charge on any atom is -0.495 e. The van der Waals surface area contributed by atoms with Gasteiger partial charge in [-0.15, -0.1) is 11.3 Å². The van der Waals surface area contributed by atoms with Crippen LogP contribution >= 0.6 is 11.3 Å². The molecular weight excluding hydrogens is 353 g/mol. The number of nitrogen functional groups attached to an aromatic ring is 2. The smallest absolute Gasteiger partial charge is 0.416 e. The third kappa shape index (κ3) is 2.91. The van der Waals surface area contributed by atoms with Gasteiger partial charge in [-0.05, 0) is 30.5 Å². The Labute approximate surface area is 145 Å². The van der Waals surface area contributed by atoms with Crippen LogP contribution in [-0.2, 0) is 6.18 Å². The number of anilines is 2. The Bertz CT molecular complexity index is 917. The lowest BCUT2D eigenvalue weighted by Gasteiger charge is -2.17. The summed E-state index contributed by atoms with van der Waals surface area (Å²) in [7, 11) is 1.26. The quantitative estimate of drug-likeness (QED) is 0.682. The molecule has 9 heteroatoms. The van der Waals surface area contributed by atoms with Gasteiger partial charge in [0.25, 0.3) is 0 Å². The zero-order valence-electron chi connectivity index (χ0n) is 13.4. The van der Waals surface area contributed by atoms with Crippen LogP contribution in [0.25, 0.3) is 16.4 Å². The number of nitrogens with zero attached hydrogens (tertiary/aromatic N) is 2. The summed E-state index contributed by atoms with van der Waals surface area (Å²) in [6.07, 6.45) is -4.55. The average Bonchev–Trinajstić information content (AvgIpc) is 3.16. The van der Waals surface area contributed by atoms with E-state index in [9.17, 15) is 13.2 Å². The number of methoxy groups -OCH3 is 1. The normalized spacial score (nSPS) is 11.7. The van der Waals surface area contributed by atoms with E-state index in [1.54, 1.807) is 6.92 Å². The van der Waals surface area contributed by atoms with Crippen molar-refractivity contribution in [2.75, 3.05) is 18.6 Å². The fourth-order valence-electron chi connectivity index (χ4n) is 2.49. The summed E-state index contributed by atoms with van der Waals surface area (Å²) in [6.45, 7) is 1.68. The first-order valence-corrected chi connectivity index (χ1v) is 8.05. The highest BCUT2D eigenvalue weighted by atomic mass is 32.1. The van der Waals surface area contributed by atoms with Crippen molar-refractivity contribution in [2.45, 2.75) is 13.1 Å². The van der Waals surface area contributed by atoms with Gasteiger partial charge in [0, 0.05) is 0 Å². The fraction of sp³-hybridized carbons (Fsp3) is 0.188. The third-order valence-electron chi connectivity index (χ3n) is 3.75. The first-order chi connectivity index (χ1) is 11.7. The van der Waals surface area contributed by atoms with Crippen LogP contribution in [-0.4, -0.2) is 16.7 Å². The average molecular weight is 368 g/mol. The van der Waals surface area contributed by atoms with Crippen LogP contribution in [0, 0.1) is 6.92 Å². The van der Waals surface area contributed by atoms with Gasteiger partial charge in [0.2, 0.25) is 0 Å². The van der Waals surface area contributed by atoms with Crippen molar-refractivity contribution in [3.8, 4) is 22.1 Å². The van der Waals surface area contributed by atoms with Crippen molar-refractivity contribution < 1.29 is 17.9 Å². The van der Waals surface area contributed by atoms with E-state index in [1.807, 2.05) is 17.5 Å². The van der Waals surface area contributed by atoms with Gasteiger partial charge >= 0.3 is 6.18 Å². The van der Waals surface area contributed by atoms with Gasteiger partial charge in [-0.3, -0.25) is 4.57 Å². The molecule has 0 aliphatic rings. The van der Waals surface area contributed by atoms with E-state index in [0.717, 1.165) is 17.0 Å². The highest BCUT2D eigenvalue weighted by Crippen LogP contribution is 2.41. The van der Waals surface area contributed by atoms with Gasteiger partial charge < -0.3 is 16.2 Å². The summed E-state index contributed by atoms with van der Waals surface area (Å²) in [6, 6.07) is 5.44. The first-order valence-electron chi connectivity index (χ1n) is 7.17. The van der Waals surface area contributed by atoms with Crippen LogP contribution in [0.15, 0.2) is 29.6 Å². The van der Waals surface area contributed by atoms with Gasteiger partial charge in [-0.25, -0.2) is 4.98 Å². The van der Waals surface area contributed by atoms with Crippen LogP contribution < -0.4 is 16.2 Å². The number of aromatic nitrogens is 2. The lowest BCUT2D eigenvalue weighted by atomic mass is 10.1. The monoisotopic (exact) mass is 368 g/mol. The number of rotatable bonds is 3. The summed E-state index contributed by atoms with van der Waals surface area (Å²) < 4.78 is 46.2. The Hall–Kier alpha value is -2.68. The minimum atomic E-state index is -4.55. The van der Waals surface area contributed by atoms with Gasteiger partial charge in [-0.2, -0.15) is 13.2 Å². The molecule has 0 bridgehead atoms. The summed E-state index contributed by atoms with van der Waals surface area (Å²) in [5.74, 6) is 0.572. The van der Waals surface area contributed by atoms with E-state index in [1.165, 1.54) is 23.0 Å². The summed E-state index contributed by atoms with van der Waals surface area (Å²) >= 11 is 1.40. The Morgan fingerprint density at radius 1 is 1.24 bits per heavy atom. The molecular formula is C16H15F3N4OS. The maximum Gasteiger partial charge on any atom is 0.416 e. The maximum absolute atomic E-state index is 13.3. The molecule has 0 saturated heterocycles. The second kappa shape index (κ2) is 5.99. The van der Waals surface area contributed by atoms with Crippen molar-refractivity contribution in [2.24, 2.45) is 0 Å². The number of hydrogen-bond donors (Lipinski definition) is 2. The molecule has 0 unspecified atom stereocenters. The Balaban J connectivity index is 2.34. The second-order valence-corrected chi connectivity index (χ2v) is 6.28. The first kappa shape index (κ1) is 17.2. The third-order valence-corrected chi connectivity index (χ3v) is 4.61. The highest BCUT2D eigenvalue weighted by molar-refractivity contribution is 7.13. The number of nitrogens with two attached hydrogens (primary N) is 2. The van der Waals surface area contributed by atoms with Crippen LogP contribution in [0.4, 0.5) is 24.7 Å². The van der Waals surface area contributed by atoms with Gasteiger partial charge in [0.15, 0.2) is 5.82 Å². The molecule has 132 valence electrons. The van der Waals surface area contributed by atoms with E-state index in [0.29, 0.717) is 11.5 Å². The Kier molecular flexibility index (Phi) is 4.11. The largest absolute Gasteiger partial charge is 0.495 e. The summed E-state index contributed by atoms with van der Waals surface area (Å²) in [4.78, 5) is 5.15. The molecule has 2 aromatic heterocycles. The van der Waals surface area contributed by atoms with E-state index < -0.39 is 11.7 Å². The van der Waals surface area contributed by atoms with E-state index in [-0.39, 0.29) is 22.9 Å². The number of hydrogen-bond acceptors (Lipinski definition) is 5. The molecule has 0 fully saturated rings. The fourth-order valence-corrected chi connectivity index (χ4v) is 3.19. The van der Waals surface area contributed by atoms with Gasteiger partial charge in [0.1, 0.15) is 11.6 Å². The van der Waals surface area contributed by atoms with Crippen molar-refractivity contribution >= 4 is 22.8 Å². The van der Waals surface area contributed by atoms with E-state index in [4.69, 9.17) is 16.2 Å². The molecule has 25 heavy (non-hydrogen) atoms. The number of benzene rings is 1. The number of imidazole rings is 1. The van der Waals surface area contributed by atoms with Crippen LogP contribution in [0.3, 0.4) is 0 Å². The molecule has 0 aliphatic heterocycles. The number of ether oxygens (including phenoxy) is 1. The highest BCUT2D eigenvalue weighted by Gasteiger charge is 2.33. The molecule has 0 amide bonds. The molecule has 0 aliphatic carbocycles.